The summed E-state index contributed by atoms with van der Waals surface area (Å²) in [5.74, 6) is -0.758. The van der Waals surface area contributed by atoms with Gasteiger partial charge in [0.15, 0.2) is 0 Å². The highest BCUT2D eigenvalue weighted by Crippen LogP contribution is 2.29. The van der Waals surface area contributed by atoms with Crippen LogP contribution >= 0.6 is 22.6 Å². The highest BCUT2D eigenvalue weighted by Gasteiger charge is 2.26. The Bertz CT molecular complexity index is 650. The number of halogens is 3. The third-order valence-corrected chi connectivity index (χ3v) is 3.79. The molecule has 0 fully saturated rings. The van der Waals surface area contributed by atoms with Crippen LogP contribution in [0.25, 0.3) is 0 Å². The van der Waals surface area contributed by atoms with E-state index < -0.39 is 17.7 Å². The van der Waals surface area contributed by atoms with Gasteiger partial charge in [-0.05, 0) is 59.0 Å². The van der Waals surface area contributed by atoms with Gasteiger partial charge in [-0.1, -0.05) is 6.07 Å². The molecular formula is C15H10F2INO. The zero-order valence-electron chi connectivity index (χ0n) is 10.3. The molecule has 0 bridgehead atoms. The van der Waals surface area contributed by atoms with Gasteiger partial charge >= 0.3 is 0 Å². The van der Waals surface area contributed by atoms with Crippen LogP contribution in [0.4, 0.5) is 8.78 Å². The lowest BCUT2D eigenvalue weighted by Crippen LogP contribution is -2.04. The van der Waals surface area contributed by atoms with Gasteiger partial charge in [0, 0.05) is 9.13 Å². The molecule has 2 nitrogen and oxygen atoms in total. The van der Waals surface area contributed by atoms with Gasteiger partial charge in [0.05, 0.1) is 5.56 Å². The van der Waals surface area contributed by atoms with E-state index in [1.54, 1.807) is 0 Å². The van der Waals surface area contributed by atoms with Crippen LogP contribution in [-0.4, -0.2) is 12.5 Å². The van der Waals surface area contributed by atoms with Crippen LogP contribution in [-0.2, 0) is 4.74 Å². The first-order chi connectivity index (χ1) is 9.65. The molecule has 0 saturated carbocycles. The predicted octanol–water partition coefficient (Wildman–Crippen LogP) is 4.09. The Morgan fingerprint density at radius 2 is 1.70 bits per heavy atom. The van der Waals surface area contributed by atoms with Gasteiger partial charge in [-0.15, -0.1) is 0 Å². The van der Waals surface area contributed by atoms with Crippen LogP contribution in [0.3, 0.4) is 0 Å². The topological polar surface area (TPSA) is 21.6 Å². The van der Waals surface area contributed by atoms with Crippen molar-refractivity contribution in [3.63, 3.8) is 0 Å². The summed E-state index contributed by atoms with van der Waals surface area (Å²) in [6, 6.07) is 10.8. The van der Waals surface area contributed by atoms with E-state index in [9.17, 15) is 8.78 Å². The Morgan fingerprint density at radius 3 is 2.35 bits per heavy atom. The lowest BCUT2D eigenvalue weighted by Gasteiger charge is -2.07. The summed E-state index contributed by atoms with van der Waals surface area (Å²) < 4.78 is 34.0. The zero-order chi connectivity index (χ0) is 14.1. The Morgan fingerprint density at radius 1 is 1.05 bits per heavy atom. The first-order valence-electron chi connectivity index (χ1n) is 6.05. The standard InChI is InChI=1S/C15H10F2INO/c16-11-2-1-3-12(17)14(11)13-8-20-15(19-13)9-4-6-10(18)7-5-9/h1-7,13H,8H2. The molecule has 0 N–H and O–H groups in total. The average Bonchev–Trinajstić information content (AvgIpc) is 2.89. The number of ether oxygens (including phenoxy) is 1. The normalized spacial score (nSPS) is 17.8. The van der Waals surface area contributed by atoms with E-state index in [2.05, 4.69) is 27.6 Å². The zero-order valence-corrected chi connectivity index (χ0v) is 12.5. The third kappa shape index (κ3) is 2.54. The minimum absolute atomic E-state index is 0.0342. The SMILES string of the molecule is Fc1cccc(F)c1C1COC(c2ccc(I)cc2)=N1. The number of benzene rings is 2. The summed E-state index contributed by atoms with van der Waals surface area (Å²) in [4.78, 5) is 4.29. The highest BCUT2D eigenvalue weighted by atomic mass is 127. The number of hydrogen-bond donors (Lipinski definition) is 0. The fourth-order valence-corrected chi connectivity index (χ4v) is 2.46. The van der Waals surface area contributed by atoms with Gasteiger partial charge in [-0.3, -0.25) is 0 Å². The van der Waals surface area contributed by atoms with Crippen molar-refractivity contribution < 1.29 is 13.5 Å². The Kier molecular flexibility index (Phi) is 3.69. The first kappa shape index (κ1) is 13.5. The second-order valence-electron chi connectivity index (χ2n) is 4.40. The minimum atomic E-state index is -0.634. The van der Waals surface area contributed by atoms with E-state index in [0.29, 0.717) is 5.90 Å². The first-order valence-corrected chi connectivity index (χ1v) is 7.13. The van der Waals surface area contributed by atoms with Crippen LogP contribution < -0.4 is 0 Å². The van der Waals surface area contributed by atoms with Crippen LogP contribution in [0.5, 0.6) is 0 Å². The van der Waals surface area contributed by atoms with Gasteiger partial charge in [0.2, 0.25) is 5.90 Å². The monoisotopic (exact) mass is 385 g/mol. The molecule has 0 radical (unpaired) electrons. The summed E-state index contributed by atoms with van der Waals surface area (Å²) in [6.45, 7) is 0.152. The van der Waals surface area contributed by atoms with Crippen molar-refractivity contribution in [2.24, 2.45) is 4.99 Å². The average molecular weight is 385 g/mol. The van der Waals surface area contributed by atoms with Crippen LogP contribution in [0.2, 0.25) is 0 Å². The second-order valence-corrected chi connectivity index (χ2v) is 5.65. The van der Waals surface area contributed by atoms with E-state index in [0.717, 1.165) is 9.13 Å². The van der Waals surface area contributed by atoms with Crippen LogP contribution in [0.15, 0.2) is 47.5 Å². The van der Waals surface area contributed by atoms with Gasteiger partial charge in [-0.2, -0.15) is 0 Å². The molecule has 1 aliphatic rings. The molecule has 3 rings (SSSR count). The maximum atomic E-state index is 13.7. The van der Waals surface area contributed by atoms with Crippen molar-refractivity contribution in [2.45, 2.75) is 6.04 Å². The molecular weight excluding hydrogens is 375 g/mol. The summed E-state index contributed by atoms with van der Waals surface area (Å²) >= 11 is 2.20. The smallest absolute Gasteiger partial charge is 0.216 e. The molecule has 0 aromatic heterocycles. The maximum Gasteiger partial charge on any atom is 0.216 e. The summed E-state index contributed by atoms with van der Waals surface area (Å²) in [5.41, 5.74) is 0.776. The largest absolute Gasteiger partial charge is 0.475 e. The van der Waals surface area contributed by atoms with E-state index in [4.69, 9.17) is 4.74 Å². The fraction of sp³-hybridized carbons (Fsp3) is 0.133. The Balaban J connectivity index is 1.93. The van der Waals surface area contributed by atoms with Crippen molar-refractivity contribution in [1.82, 2.24) is 0 Å². The molecule has 20 heavy (non-hydrogen) atoms. The van der Waals surface area contributed by atoms with E-state index in [-0.39, 0.29) is 12.2 Å². The molecule has 102 valence electrons. The van der Waals surface area contributed by atoms with Crippen molar-refractivity contribution in [3.05, 3.63) is 68.8 Å². The molecule has 0 amide bonds. The molecule has 1 aliphatic heterocycles. The van der Waals surface area contributed by atoms with Gasteiger partial charge < -0.3 is 4.74 Å². The molecule has 1 atom stereocenters. The molecule has 0 saturated heterocycles. The van der Waals surface area contributed by atoms with E-state index >= 15 is 0 Å². The maximum absolute atomic E-state index is 13.7. The fourth-order valence-electron chi connectivity index (χ4n) is 2.10. The summed E-state index contributed by atoms with van der Waals surface area (Å²) in [5, 5.41) is 0. The van der Waals surface area contributed by atoms with Crippen molar-refractivity contribution in [3.8, 4) is 0 Å². The number of hydrogen-bond acceptors (Lipinski definition) is 2. The van der Waals surface area contributed by atoms with E-state index in [1.165, 1.54) is 18.2 Å². The van der Waals surface area contributed by atoms with Gasteiger partial charge in [-0.25, -0.2) is 13.8 Å². The second kappa shape index (κ2) is 5.47. The lowest BCUT2D eigenvalue weighted by molar-refractivity contribution is 0.314. The molecule has 0 aliphatic carbocycles. The lowest BCUT2D eigenvalue weighted by atomic mass is 10.1. The molecule has 0 spiro atoms. The quantitative estimate of drug-likeness (QED) is 0.714. The van der Waals surface area contributed by atoms with Crippen molar-refractivity contribution in [2.75, 3.05) is 6.61 Å². The summed E-state index contributed by atoms with van der Waals surface area (Å²) in [7, 11) is 0. The van der Waals surface area contributed by atoms with E-state index in [1.807, 2.05) is 24.3 Å². The summed E-state index contributed by atoms with van der Waals surface area (Å²) in [6.07, 6.45) is 0. The molecule has 1 heterocycles. The number of rotatable bonds is 2. The predicted molar refractivity (Wildman–Crippen MR) is 80.7 cm³/mol. The molecule has 5 heteroatoms. The van der Waals surface area contributed by atoms with Gasteiger partial charge in [0.25, 0.3) is 0 Å². The number of aliphatic imine (C=N–C) groups is 1. The Labute approximate surface area is 128 Å². The Hall–Kier alpha value is -1.50. The van der Waals surface area contributed by atoms with Crippen molar-refractivity contribution in [1.29, 1.82) is 0 Å². The van der Waals surface area contributed by atoms with Gasteiger partial charge in [0.1, 0.15) is 24.3 Å². The molecule has 2 aromatic rings. The molecule has 2 aromatic carbocycles. The van der Waals surface area contributed by atoms with Crippen LogP contribution in [0, 0.1) is 15.2 Å². The van der Waals surface area contributed by atoms with Crippen molar-refractivity contribution >= 4 is 28.5 Å². The molecule has 1 unspecified atom stereocenters. The number of nitrogens with zero attached hydrogens (tertiary/aromatic N) is 1. The third-order valence-electron chi connectivity index (χ3n) is 3.08. The van der Waals surface area contributed by atoms with Crippen LogP contribution in [0.1, 0.15) is 17.2 Å². The highest BCUT2D eigenvalue weighted by molar-refractivity contribution is 14.1. The minimum Gasteiger partial charge on any atom is -0.475 e.